The van der Waals surface area contributed by atoms with Gasteiger partial charge in [-0.15, -0.1) is 0 Å². The van der Waals surface area contributed by atoms with Crippen LogP contribution in [-0.2, 0) is 19.4 Å². The van der Waals surface area contributed by atoms with Crippen LogP contribution in [-0.4, -0.2) is 14.2 Å². The van der Waals surface area contributed by atoms with Crippen molar-refractivity contribution < 1.29 is 4.74 Å². The fourth-order valence-electron chi connectivity index (χ4n) is 2.78. The number of benzene rings is 2. The van der Waals surface area contributed by atoms with E-state index in [1.165, 1.54) is 27.8 Å². The molecule has 0 aromatic heterocycles. The van der Waals surface area contributed by atoms with E-state index in [2.05, 4.69) is 49.5 Å². The van der Waals surface area contributed by atoms with Crippen LogP contribution in [0.1, 0.15) is 30.5 Å². The lowest BCUT2D eigenvalue weighted by atomic mass is 9.94. The molecular weight excluding hydrogens is 258 g/mol. The summed E-state index contributed by atoms with van der Waals surface area (Å²) in [4.78, 5) is 0. The van der Waals surface area contributed by atoms with Gasteiger partial charge in [-0.1, -0.05) is 38.1 Å². The van der Waals surface area contributed by atoms with Crippen molar-refractivity contribution in [3.63, 3.8) is 0 Å². The molecule has 0 saturated heterocycles. The van der Waals surface area contributed by atoms with Crippen molar-refractivity contribution in [3.8, 4) is 16.9 Å². The highest BCUT2D eigenvalue weighted by Crippen LogP contribution is 2.29. The Balaban J connectivity index is 2.50. The third kappa shape index (κ3) is 3.45. The number of nitrogens with one attached hydrogen (secondary N) is 1. The molecule has 0 spiro atoms. The Morgan fingerprint density at radius 1 is 0.905 bits per heavy atom. The van der Waals surface area contributed by atoms with E-state index in [0.29, 0.717) is 0 Å². The van der Waals surface area contributed by atoms with E-state index in [1.807, 2.05) is 13.1 Å². The highest BCUT2D eigenvalue weighted by molar-refractivity contribution is 5.69. The highest BCUT2D eigenvalue weighted by atomic mass is 16.5. The van der Waals surface area contributed by atoms with E-state index in [1.54, 1.807) is 7.11 Å². The van der Waals surface area contributed by atoms with Crippen LogP contribution in [0.5, 0.6) is 5.75 Å². The molecule has 0 aliphatic carbocycles. The van der Waals surface area contributed by atoms with Gasteiger partial charge in [-0.05, 0) is 59.8 Å². The van der Waals surface area contributed by atoms with Crippen molar-refractivity contribution in [2.45, 2.75) is 33.2 Å². The maximum Gasteiger partial charge on any atom is 0.119 e. The molecule has 2 aromatic carbocycles. The molecule has 0 radical (unpaired) electrons. The zero-order valence-electron chi connectivity index (χ0n) is 13.5. The monoisotopic (exact) mass is 283 g/mol. The molecule has 0 atom stereocenters. The predicted octanol–water partition coefficient (Wildman–Crippen LogP) is 4.21. The number of methoxy groups -OCH3 is 1. The zero-order chi connectivity index (χ0) is 15.2. The van der Waals surface area contributed by atoms with Gasteiger partial charge in [0, 0.05) is 6.54 Å². The second kappa shape index (κ2) is 7.28. The van der Waals surface area contributed by atoms with Crippen LogP contribution < -0.4 is 10.1 Å². The molecule has 0 aliphatic rings. The standard InChI is InChI=1S/C19H25NO/c1-5-14-7-8-16(11-15(14)6-2)19-10-9-18(21-4)12-17(19)13-20-3/h7-12,20H,5-6,13H2,1-4H3. The van der Waals surface area contributed by atoms with Crippen molar-refractivity contribution in [2.75, 3.05) is 14.2 Å². The first kappa shape index (κ1) is 15.6. The lowest BCUT2D eigenvalue weighted by Gasteiger charge is -2.14. The summed E-state index contributed by atoms with van der Waals surface area (Å²) in [7, 11) is 3.68. The van der Waals surface area contributed by atoms with Gasteiger partial charge in [-0.2, -0.15) is 0 Å². The number of hydrogen-bond donors (Lipinski definition) is 1. The highest BCUT2D eigenvalue weighted by Gasteiger charge is 2.08. The van der Waals surface area contributed by atoms with Crippen molar-refractivity contribution in [2.24, 2.45) is 0 Å². The van der Waals surface area contributed by atoms with Gasteiger partial charge in [0.05, 0.1) is 7.11 Å². The quantitative estimate of drug-likeness (QED) is 0.857. The molecular formula is C19H25NO. The number of aryl methyl sites for hydroxylation is 2. The third-order valence-corrected chi connectivity index (χ3v) is 3.96. The Morgan fingerprint density at radius 2 is 1.67 bits per heavy atom. The lowest BCUT2D eigenvalue weighted by molar-refractivity contribution is 0.414. The summed E-state index contributed by atoms with van der Waals surface area (Å²) in [6.45, 7) is 5.28. The molecule has 0 bridgehead atoms. The molecule has 2 aromatic rings. The third-order valence-electron chi connectivity index (χ3n) is 3.96. The minimum atomic E-state index is 0.837. The topological polar surface area (TPSA) is 21.3 Å². The average Bonchev–Trinajstić information content (AvgIpc) is 2.54. The molecule has 2 nitrogen and oxygen atoms in total. The van der Waals surface area contributed by atoms with Crippen LogP contribution in [0.4, 0.5) is 0 Å². The first-order valence-corrected chi connectivity index (χ1v) is 7.67. The van der Waals surface area contributed by atoms with Crippen molar-refractivity contribution in [1.82, 2.24) is 5.32 Å². The summed E-state index contributed by atoms with van der Waals surface area (Å²) in [6.07, 6.45) is 2.17. The second-order valence-electron chi connectivity index (χ2n) is 5.24. The van der Waals surface area contributed by atoms with Gasteiger partial charge in [-0.3, -0.25) is 0 Å². The fraction of sp³-hybridized carbons (Fsp3) is 0.368. The maximum atomic E-state index is 5.35. The maximum absolute atomic E-state index is 5.35. The van der Waals surface area contributed by atoms with Crippen LogP contribution in [0.15, 0.2) is 36.4 Å². The van der Waals surface area contributed by atoms with E-state index < -0.39 is 0 Å². The summed E-state index contributed by atoms with van der Waals surface area (Å²) in [6, 6.07) is 13.1. The fourth-order valence-corrected chi connectivity index (χ4v) is 2.78. The molecule has 112 valence electrons. The molecule has 2 rings (SSSR count). The Bertz CT molecular complexity index is 605. The summed E-state index contributed by atoms with van der Waals surface area (Å²) < 4.78 is 5.35. The van der Waals surface area contributed by atoms with Crippen LogP contribution in [0.25, 0.3) is 11.1 Å². The first-order chi connectivity index (χ1) is 10.2. The molecule has 0 saturated carbocycles. The van der Waals surface area contributed by atoms with Crippen molar-refractivity contribution in [1.29, 1.82) is 0 Å². The Morgan fingerprint density at radius 3 is 2.29 bits per heavy atom. The smallest absolute Gasteiger partial charge is 0.119 e. The van der Waals surface area contributed by atoms with E-state index in [9.17, 15) is 0 Å². The number of rotatable bonds is 6. The normalized spacial score (nSPS) is 10.7. The first-order valence-electron chi connectivity index (χ1n) is 7.67. The number of ether oxygens (including phenoxy) is 1. The van der Waals surface area contributed by atoms with E-state index in [4.69, 9.17) is 4.74 Å². The molecule has 0 aliphatic heterocycles. The van der Waals surface area contributed by atoms with Crippen LogP contribution in [0, 0.1) is 0 Å². The summed E-state index contributed by atoms with van der Waals surface area (Å²) >= 11 is 0. The Labute approximate surface area is 128 Å². The summed E-state index contributed by atoms with van der Waals surface area (Å²) in [5.74, 6) is 0.907. The van der Waals surface area contributed by atoms with Gasteiger partial charge < -0.3 is 10.1 Å². The molecule has 0 unspecified atom stereocenters. The van der Waals surface area contributed by atoms with Gasteiger partial charge in [-0.25, -0.2) is 0 Å². The summed E-state index contributed by atoms with van der Waals surface area (Å²) in [5, 5.41) is 3.24. The second-order valence-corrected chi connectivity index (χ2v) is 5.24. The van der Waals surface area contributed by atoms with Gasteiger partial charge >= 0.3 is 0 Å². The van der Waals surface area contributed by atoms with Crippen molar-refractivity contribution in [3.05, 3.63) is 53.1 Å². The van der Waals surface area contributed by atoms with Gasteiger partial charge in [0.1, 0.15) is 5.75 Å². The minimum Gasteiger partial charge on any atom is -0.497 e. The molecule has 1 N–H and O–H groups in total. The zero-order valence-corrected chi connectivity index (χ0v) is 13.5. The molecule has 21 heavy (non-hydrogen) atoms. The molecule has 0 fully saturated rings. The largest absolute Gasteiger partial charge is 0.497 e. The van der Waals surface area contributed by atoms with Crippen LogP contribution >= 0.6 is 0 Å². The Kier molecular flexibility index (Phi) is 5.40. The molecule has 0 amide bonds. The molecule has 2 heteroatoms. The van der Waals surface area contributed by atoms with Crippen molar-refractivity contribution >= 4 is 0 Å². The van der Waals surface area contributed by atoms with E-state index in [0.717, 1.165) is 25.1 Å². The van der Waals surface area contributed by atoms with Crippen LogP contribution in [0.3, 0.4) is 0 Å². The summed E-state index contributed by atoms with van der Waals surface area (Å²) in [5.41, 5.74) is 6.73. The Hall–Kier alpha value is -1.80. The molecule has 0 heterocycles. The van der Waals surface area contributed by atoms with Gasteiger partial charge in [0.25, 0.3) is 0 Å². The number of hydrogen-bond acceptors (Lipinski definition) is 2. The van der Waals surface area contributed by atoms with Gasteiger partial charge in [0.15, 0.2) is 0 Å². The van der Waals surface area contributed by atoms with E-state index in [-0.39, 0.29) is 0 Å². The average molecular weight is 283 g/mol. The minimum absolute atomic E-state index is 0.837. The SMILES string of the molecule is CCc1ccc(-c2ccc(OC)cc2CNC)cc1CC. The van der Waals surface area contributed by atoms with E-state index >= 15 is 0 Å². The van der Waals surface area contributed by atoms with Gasteiger partial charge in [0.2, 0.25) is 0 Å². The van der Waals surface area contributed by atoms with Crippen LogP contribution in [0.2, 0.25) is 0 Å². The lowest BCUT2D eigenvalue weighted by Crippen LogP contribution is -2.07. The predicted molar refractivity (Wildman–Crippen MR) is 89.9 cm³/mol.